The molecule has 0 spiro atoms. The number of benzene rings is 2. The van der Waals surface area contributed by atoms with Crippen molar-refractivity contribution in [2.75, 3.05) is 0 Å². The van der Waals surface area contributed by atoms with E-state index in [0.717, 1.165) is 10.8 Å². The molecule has 0 aliphatic rings. The topological polar surface area (TPSA) is 170 Å². The fourth-order valence-corrected chi connectivity index (χ4v) is 5.26. The second-order valence-corrected chi connectivity index (χ2v) is 11.7. The van der Waals surface area contributed by atoms with Crippen LogP contribution in [0.1, 0.15) is 64.7 Å². The van der Waals surface area contributed by atoms with Gasteiger partial charge in [0.25, 0.3) is 0 Å². The Morgan fingerprint density at radius 1 is 0.333 bits per heavy atom. The van der Waals surface area contributed by atoms with Crippen molar-refractivity contribution >= 4 is 45.7 Å². The summed E-state index contributed by atoms with van der Waals surface area (Å²) in [5, 5.41) is 1.81. The van der Waals surface area contributed by atoms with Gasteiger partial charge in [-0.15, -0.1) is 0 Å². The van der Waals surface area contributed by atoms with Crippen LogP contribution in [0.25, 0.3) is 21.8 Å². The molecule has 0 bridgehead atoms. The fraction of sp³-hybridized carbons (Fsp3) is 0.0976. The number of carbonyl (C=O) groups excluding carboxylic acids is 4. The van der Waals surface area contributed by atoms with Gasteiger partial charge < -0.3 is 18.9 Å². The number of esters is 4. The summed E-state index contributed by atoms with van der Waals surface area (Å²) in [6, 6.07) is 36.0. The van der Waals surface area contributed by atoms with Crippen molar-refractivity contribution in [3.05, 3.63) is 173 Å². The molecule has 0 atom stereocenters. The third-order valence-electron chi connectivity index (χ3n) is 7.92. The van der Waals surface area contributed by atoms with Crippen LogP contribution in [0.4, 0.5) is 0 Å². The van der Waals surface area contributed by atoms with Crippen molar-refractivity contribution in [3.8, 4) is 0 Å². The molecule has 0 fully saturated rings. The van der Waals surface area contributed by atoms with Crippen LogP contribution >= 0.6 is 0 Å². The van der Waals surface area contributed by atoms with Gasteiger partial charge in [-0.3, -0.25) is 9.97 Å². The van der Waals surface area contributed by atoms with E-state index in [9.17, 15) is 19.2 Å². The number of hydrogen-bond donors (Lipinski definition) is 0. The Balaban J connectivity index is 0.882. The average Bonchev–Trinajstić information content (AvgIpc) is 3.23. The van der Waals surface area contributed by atoms with Gasteiger partial charge in [-0.1, -0.05) is 66.7 Å². The summed E-state index contributed by atoms with van der Waals surface area (Å²) in [7, 11) is 0. The second kappa shape index (κ2) is 16.3. The largest absolute Gasteiger partial charge is 0.454 e. The number of nitrogens with zero attached hydrogens (tertiary/aromatic N) is 5. The molecule has 54 heavy (non-hydrogen) atoms. The summed E-state index contributed by atoms with van der Waals surface area (Å²) < 4.78 is 21.6. The first kappa shape index (κ1) is 35.0. The summed E-state index contributed by atoms with van der Waals surface area (Å²) in [4.78, 5) is 72.4. The molecule has 5 aromatic heterocycles. The Morgan fingerprint density at radius 2 is 0.667 bits per heavy atom. The lowest BCUT2D eigenvalue weighted by molar-refractivity contribution is 0.0446. The van der Waals surface area contributed by atoms with Gasteiger partial charge in [0.2, 0.25) is 0 Å². The normalized spacial score (nSPS) is 10.8. The zero-order valence-electron chi connectivity index (χ0n) is 28.5. The number of aromatic nitrogens is 5. The van der Waals surface area contributed by atoms with E-state index in [0.29, 0.717) is 33.8 Å². The summed E-state index contributed by atoms with van der Waals surface area (Å²) >= 11 is 0. The van der Waals surface area contributed by atoms with Crippen LogP contribution in [0.15, 0.2) is 127 Å². The lowest BCUT2D eigenvalue weighted by Crippen LogP contribution is -2.14. The minimum Gasteiger partial charge on any atom is -0.454 e. The zero-order valence-corrected chi connectivity index (χ0v) is 28.5. The molecule has 266 valence electrons. The van der Waals surface area contributed by atoms with Gasteiger partial charge in [-0.2, -0.15) is 0 Å². The van der Waals surface area contributed by atoms with Gasteiger partial charge in [-0.05, 0) is 60.7 Å². The molecule has 0 radical (unpaired) electrons. The van der Waals surface area contributed by atoms with Crippen molar-refractivity contribution in [1.82, 2.24) is 24.9 Å². The highest BCUT2D eigenvalue weighted by molar-refractivity contribution is 5.92. The second-order valence-electron chi connectivity index (χ2n) is 11.7. The van der Waals surface area contributed by atoms with Crippen molar-refractivity contribution in [2.24, 2.45) is 0 Å². The summed E-state index contributed by atoms with van der Waals surface area (Å²) in [6.45, 7) is -0.617. The van der Waals surface area contributed by atoms with Crippen molar-refractivity contribution in [2.45, 2.75) is 26.4 Å². The minimum atomic E-state index is -0.784. The Morgan fingerprint density at radius 3 is 1.06 bits per heavy atom. The van der Waals surface area contributed by atoms with Gasteiger partial charge in [0.05, 0.1) is 33.8 Å². The van der Waals surface area contributed by atoms with E-state index in [1.165, 1.54) is 18.2 Å². The molecule has 0 unspecified atom stereocenters. The molecule has 0 saturated carbocycles. The van der Waals surface area contributed by atoms with Crippen LogP contribution in [-0.4, -0.2) is 48.8 Å². The average molecular weight is 720 g/mol. The molecule has 0 N–H and O–H groups in total. The van der Waals surface area contributed by atoms with Crippen molar-refractivity contribution < 1.29 is 38.1 Å². The SMILES string of the molecule is O=C(OCc1cccc(COC(=O)c2ccc3ccccc3n2)n1)c1cccc(C(=O)OCc2cccc(COC(=O)c3ccc4ccccc4n3)n2)n1. The molecule has 7 rings (SSSR count). The maximum Gasteiger partial charge on any atom is 0.357 e. The number of para-hydroxylation sites is 2. The monoisotopic (exact) mass is 719 g/mol. The highest BCUT2D eigenvalue weighted by Crippen LogP contribution is 2.15. The quantitative estimate of drug-likeness (QED) is 0.101. The van der Waals surface area contributed by atoms with Crippen LogP contribution in [0.2, 0.25) is 0 Å². The maximum atomic E-state index is 12.8. The maximum absolute atomic E-state index is 12.8. The van der Waals surface area contributed by atoms with E-state index in [1.54, 1.807) is 60.7 Å². The number of pyridine rings is 5. The van der Waals surface area contributed by atoms with E-state index in [4.69, 9.17) is 18.9 Å². The molecule has 0 saturated heterocycles. The standard InChI is InChI=1S/C41H29N5O8/c47-38(51-22-28-10-5-12-30(42-28)24-53-40(49)36-20-18-26-8-1-3-14-32(26)44-36)34-16-7-17-35(46-34)39(48)52-23-29-11-6-13-31(43-29)25-54-41(50)37-21-19-27-9-2-4-15-33(27)45-37/h1-21H,22-25H2. The molecule has 0 amide bonds. The van der Waals surface area contributed by atoms with E-state index >= 15 is 0 Å². The molecule has 13 nitrogen and oxygen atoms in total. The lowest BCUT2D eigenvalue weighted by Gasteiger charge is -2.09. The molecule has 13 heteroatoms. The van der Waals surface area contributed by atoms with Crippen molar-refractivity contribution in [3.63, 3.8) is 0 Å². The molecule has 2 aromatic carbocycles. The highest BCUT2D eigenvalue weighted by atomic mass is 16.5. The first-order valence-electron chi connectivity index (χ1n) is 16.6. The Hall–Kier alpha value is -7.41. The van der Waals surface area contributed by atoms with Gasteiger partial charge in [0, 0.05) is 10.8 Å². The molecular weight excluding hydrogens is 690 g/mol. The zero-order chi connectivity index (χ0) is 37.3. The third-order valence-corrected chi connectivity index (χ3v) is 7.92. The lowest BCUT2D eigenvalue weighted by atomic mass is 10.2. The molecule has 0 aliphatic heterocycles. The molecule has 0 aliphatic carbocycles. The first-order valence-corrected chi connectivity index (χ1v) is 16.6. The molecule has 5 heterocycles. The third kappa shape index (κ3) is 8.72. The van der Waals surface area contributed by atoms with E-state index in [1.807, 2.05) is 48.5 Å². The van der Waals surface area contributed by atoms with Gasteiger partial charge in [-0.25, -0.2) is 34.1 Å². The number of ether oxygens (including phenoxy) is 4. The number of rotatable bonds is 12. The Labute approximate surface area is 307 Å². The predicted molar refractivity (Wildman–Crippen MR) is 193 cm³/mol. The van der Waals surface area contributed by atoms with Gasteiger partial charge >= 0.3 is 23.9 Å². The summed E-state index contributed by atoms with van der Waals surface area (Å²) in [5.41, 5.74) is 3.19. The summed E-state index contributed by atoms with van der Waals surface area (Å²) in [5.74, 6) is -2.76. The first-order chi connectivity index (χ1) is 26.4. The number of carbonyl (C=O) groups is 4. The molecular formula is C41H29N5O8. The van der Waals surface area contributed by atoms with E-state index < -0.39 is 23.9 Å². The Kier molecular flexibility index (Phi) is 10.6. The highest BCUT2D eigenvalue weighted by Gasteiger charge is 2.17. The smallest absolute Gasteiger partial charge is 0.357 e. The van der Waals surface area contributed by atoms with Gasteiger partial charge in [0.1, 0.15) is 49.2 Å². The minimum absolute atomic E-state index is 0.111. The van der Waals surface area contributed by atoms with Gasteiger partial charge in [0.15, 0.2) is 0 Å². The van der Waals surface area contributed by atoms with E-state index in [-0.39, 0.29) is 49.2 Å². The fourth-order valence-electron chi connectivity index (χ4n) is 5.26. The van der Waals surface area contributed by atoms with Crippen LogP contribution < -0.4 is 0 Å². The molecule has 7 aromatic rings. The Bertz CT molecular complexity index is 2350. The van der Waals surface area contributed by atoms with Crippen LogP contribution in [0, 0.1) is 0 Å². The van der Waals surface area contributed by atoms with Crippen LogP contribution in [0.3, 0.4) is 0 Å². The van der Waals surface area contributed by atoms with E-state index in [2.05, 4.69) is 24.9 Å². The van der Waals surface area contributed by atoms with Crippen molar-refractivity contribution in [1.29, 1.82) is 0 Å². The number of fused-ring (bicyclic) bond motifs is 2. The predicted octanol–water partition coefficient (Wildman–Crippen LogP) is 6.40. The van der Waals surface area contributed by atoms with Crippen LogP contribution in [-0.2, 0) is 45.4 Å². The summed E-state index contributed by atoms with van der Waals surface area (Å²) in [6.07, 6.45) is 0. The van der Waals surface area contributed by atoms with Crippen LogP contribution in [0.5, 0.6) is 0 Å². The number of hydrogen-bond acceptors (Lipinski definition) is 13.